The summed E-state index contributed by atoms with van der Waals surface area (Å²) < 4.78 is 5.21. The quantitative estimate of drug-likeness (QED) is 0.836. The molecular formula is C13H21N2O2+. The van der Waals surface area contributed by atoms with Crippen LogP contribution in [0.25, 0.3) is 0 Å². The molecule has 17 heavy (non-hydrogen) atoms. The lowest BCUT2D eigenvalue weighted by molar-refractivity contribution is -0.373. The highest BCUT2D eigenvalue weighted by molar-refractivity contribution is 5.68. The predicted octanol–water partition coefficient (Wildman–Crippen LogP) is 1.49. The fourth-order valence-electron chi connectivity index (χ4n) is 1.46. The van der Waals surface area contributed by atoms with Gasteiger partial charge in [0.15, 0.2) is 0 Å². The molecule has 0 unspecified atom stereocenters. The monoisotopic (exact) mass is 237 g/mol. The van der Waals surface area contributed by atoms with E-state index in [0.29, 0.717) is 6.54 Å². The molecule has 1 rings (SSSR count). The molecule has 1 aromatic rings. The number of hydrogen-bond donors (Lipinski definition) is 2. The third kappa shape index (κ3) is 4.87. The minimum absolute atomic E-state index is 0.106. The lowest BCUT2D eigenvalue weighted by Gasteiger charge is -2.22. The third-order valence-electron chi connectivity index (χ3n) is 2.18. The van der Waals surface area contributed by atoms with Gasteiger partial charge in [0.05, 0.1) is 6.54 Å². The van der Waals surface area contributed by atoms with Crippen molar-refractivity contribution in [3.63, 3.8) is 0 Å². The van der Waals surface area contributed by atoms with E-state index in [4.69, 9.17) is 4.74 Å². The van der Waals surface area contributed by atoms with E-state index in [9.17, 15) is 4.79 Å². The number of alkyl carbamates (subject to hydrolysis) is 1. The lowest BCUT2D eigenvalue weighted by Crippen LogP contribution is -2.56. The Labute approximate surface area is 102 Å². The highest BCUT2D eigenvalue weighted by atomic mass is 16.6. The molecule has 0 aliphatic heterocycles. The summed E-state index contributed by atoms with van der Waals surface area (Å²) in [7, 11) is 0. The maximum absolute atomic E-state index is 11.6. The van der Waals surface area contributed by atoms with Crippen LogP contribution >= 0.6 is 0 Å². The summed E-state index contributed by atoms with van der Waals surface area (Å²) in [6, 6.07) is 9.65. The lowest BCUT2D eigenvalue weighted by atomic mass is 10.1. The van der Waals surface area contributed by atoms with Crippen molar-refractivity contribution in [2.75, 3.05) is 6.54 Å². The highest BCUT2D eigenvalue weighted by Gasteiger charge is 2.20. The SMILES string of the molecule is CC(C)(C)OC(=O)N[C@@H](C[NH3+])c1ccccc1. The van der Waals surface area contributed by atoms with Gasteiger partial charge in [0, 0.05) is 0 Å². The second-order valence-corrected chi connectivity index (χ2v) is 4.90. The fourth-order valence-corrected chi connectivity index (χ4v) is 1.46. The van der Waals surface area contributed by atoms with Crippen molar-refractivity contribution in [1.29, 1.82) is 0 Å². The molecule has 0 saturated carbocycles. The van der Waals surface area contributed by atoms with Crippen LogP contribution in [0.15, 0.2) is 30.3 Å². The van der Waals surface area contributed by atoms with Crippen LogP contribution in [0.2, 0.25) is 0 Å². The molecular weight excluding hydrogens is 216 g/mol. The Kier molecular flexibility index (Phi) is 4.52. The van der Waals surface area contributed by atoms with Crippen molar-refractivity contribution >= 4 is 6.09 Å². The molecule has 0 aromatic heterocycles. The van der Waals surface area contributed by atoms with E-state index in [1.807, 2.05) is 51.1 Å². The summed E-state index contributed by atoms with van der Waals surface area (Å²) >= 11 is 0. The summed E-state index contributed by atoms with van der Waals surface area (Å²) in [5, 5.41) is 2.82. The second kappa shape index (κ2) is 5.68. The standard InChI is InChI=1S/C13H20N2O2/c1-13(2,3)17-12(16)15-11(9-14)10-7-5-4-6-8-10/h4-8,11H,9,14H2,1-3H3,(H,15,16)/p+1/t11-/m0/s1. The van der Waals surface area contributed by atoms with Crippen LogP contribution in [0.4, 0.5) is 4.79 Å². The number of ether oxygens (including phenoxy) is 1. The van der Waals surface area contributed by atoms with Crippen molar-refractivity contribution in [2.45, 2.75) is 32.4 Å². The first-order valence-electron chi connectivity index (χ1n) is 5.76. The molecule has 4 nitrogen and oxygen atoms in total. The van der Waals surface area contributed by atoms with Gasteiger partial charge in [-0.15, -0.1) is 0 Å². The van der Waals surface area contributed by atoms with Crippen LogP contribution in [-0.2, 0) is 4.74 Å². The van der Waals surface area contributed by atoms with Gasteiger partial charge in [-0.2, -0.15) is 0 Å². The minimum atomic E-state index is -0.480. The summed E-state index contributed by atoms with van der Waals surface area (Å²) in [4.78, 5) is 11.6. The van der Waals surface area contributed by atoms with Gasteiger partial charge in [-0.3, -0.25) is 0 Å². The van der Waals surface area contributed by atoms with Crippen LogP contribution in [0.5, 0.6) is 0 Å². The van der Waals surface area contributed by atoms with Crippen LogP contribution in [-0.4, -0.2) is 18.2 Å². The zero-order chi connectivity index (χ0) is 12.9. The number of nitrogens with one attached hydrogen (secondary N) is 1. The first-order valence-corrected chi connectivity index (χ1v) is 5.76. The zero-order valence-corrected chi connectivity index (χ0v) is 10.7. The van der Waals surface area contributed by atoms with Crippen molar-refractivity contribution in [3.8, 4) is 0 Å². The average Bonchev–Trinajstić information content (AvgIpc) is 2.24. The first-order chi connectivity index (χ1) is 7.92. The Morgan fingerprint density at radius 2 is 1.94 bits per heavy atom. The largest absolute Gasteiger partial charge is 0.444 e. The molecule has 94 valence electrons. The molecule has 0 bridgehead atoms. The molecule has 4 N–H and O–H groups in total. The van der Waals surface area contributed by atoms with Crippen molar-refractivity contribution in [2.24, 2.45) is 0 Å². The number of rotatable bonds is 3. The summed E-state index contributed by atoms with van der Waals surface area (Å²) in [6.07, 6.45) is -0.407. The Bertz CT molecular complexity index is 357. The fraction of sp³-hybridized carbons (Fsp3) is 0.462. The summed E-state index contributed by atoms with van der Waals surface area (Å²) in [5.41, 5.74) is 4.40. The van der Waals surface area contributed by atoms with Crippen LogP contribution in [0.1, 0.15) is 32.4 Å². The molecule has 1 aromatic carbocycles. The van der Waals surface area contributed by atoms with Gasteiger partial charge in [-0.25, -0.2) is 4.79 Å². The smallest absolute Gasteiger partial charge is 0.408 e. The van der Waals surface area contributed by atoms with E-state index in [2.05, 4.69) is 11.1 Å². The topological polar surface area (TPSA) is 66.0 Å². The Balaban J connectivity index is 2.62. The molecule has 0 spiro atoms. The van der Waals surface area contributed by atoms with Crippen LogP contribution in [0, 0.1) is 0 Å². The highest BCUT2D eigenvalue weighted by Crippen LogP contribution is 2.12. The normalized spacial score (nSPS) is 12.9. The molecule has 0 radical (unpaired) electrons. The van der Waals surface area contributed by atoms with E-state index in [1.165, 1.54) is 0 Å². The minimum Gasteiger partial charge on any atom is -0.444 e. The van der Waals surface area contributed by atoms with E-state index < -0.39 is 11.7 Å². The maximum atomic E-state index is 11.6. The Morgan fingerprint density at radius 3 is 2.41 bits per heavy atom. The van der Waals surface area contributed by atoms with Gasteiger partial charge >= 0.3 is 6.09 Å². The Morgan fingerprint density at radius 1 is 1.35 bits per heavy atom. The number of carbonyl (C=O) groups excluding carboxylic acids is 1. The van der Waals surface area contributed by atoms with Gasteiger partial charge in [-0.1, -0.05) is 30.3 Å². The van der Waals surface area contributed by atoms with Gasteiger partial charge in [0.2, 0.25) is 0 Å². The Hall–Kier alpha value is -1.55. The van der Waals surface area contributed by atoms with Gasteiger partial charge in [0.25, 0.3) is 0 Å². The van der Waals surface area contributed by atoms with Crippen molar-refractivity contribution < 1.29 is 15.3 Å². The predicted molar refractivity (Wildman–Crippen MR) is 66.3 cm³/mol. The number of amides is 1. The molecule has 4 heteroatoms. The van der Waals surface area contributed by atoms with Crippen LogP contribution in [0.3, 0.4) is 0 Å². The van der Waals surface area contributed by atoms with E-state index in [1.54, 1.807) is 0 Å². The van der Waals surface area contributed by atoms with Crippen molar-refractivity contribution in [3.05, 3.63) is 35.9 Å². The first kappa shape index (κ1) is 13.5. The van der Waals surface area contributed by atoms with Crippen LogP contribution < -0.4 is 11.1 Å². The zero-order valence-electron chi connectivity index (χ0n) is 10.7. The number of carbonyl (C=O) groups is 1. The van der Waals surface area contributed by atoms with Gasteiger partial charge in [-0.05, 0) is 26.3 Å². The molecule has 0 fully saturated rings. The summed E-state index contributed by atoms with van der Waals surface area (Å²) in [5.74, 6) is 0. The van der Waals surface area contributed by atoms with Gasteiger partial charge in [0.1, 0.15) is 11.6 Å². The molecule has 0 aliphatic carbocycles. The van der Waals surface area contributed by atoms with Gasteiger partial charge < -0.3 is 15.8 Å². The third-order valence-corrected chi connectivity index (χ3v) is 2.18. The van der Waals surface area contributed by atoms with E-state index in [-0.39, 0.29) is 6.04 Å². The average molecular weight is 237 g/mol. The van der Waals surface area contributed by atoms with E-state index >= 15 is 0 Å². The van der Waals surface area contributed by atoms with Crippen molar-refractivity contribution in [1.82, 2.24) is 5.32 Å². The van der Waals surface area contributed by atoms with E-state index in [0.717, 1.165) is 5.56 Å². The molecule has 1 amide bonds. The molecule has 0 aliphatic rings. The summed E-state index contributed by atoms with van der Waals surface area (Å²) in [6.45, 7) is 6.11. The maximum Gasteiger partial charge on any atom is 0.408 e. The number of hydrogen-bond acceptors (Lipinski definition) is 2. The second-order valence-electron chi connectivity index (χ2n) is 4.90. The molecule has 1 atom stereocenters. The molecule has 0 saturated heterocycles. The molecule has 0 heterocycles. The number of benzene rings is 1. The number of quaternary nitrogens is 1.